The van der Waals surface area contributed by atoms with Crippen LogP contribution in [0.1, 0.15) is 30.6 Å². The fourth-order valence-corrected chi connectivity index (χ4v) is 3.38. The monoisotopic (exact) mass is 352 g/mol. The molecule has 132 valence electrons. The van der Waals surface area contributed by atoms with Gasteiger partial charge in [0.15, 0.2) is 29.3 Å². The highest BCUT2D eigenvalue weighted by Crippen LogP contribution is 2.53. The van der Waals surface area contributed by atoms with Gasteiger partial charge >= 0.3 is 0 Å². The molecule has 1 aliphatic carbocycles. The Morgan fingerprint density at radius 3 is 2.92 bits per heavy atom. The van der Waals surface area contributed by atoms with Gasteiger partial charge in [0, 0.05) is 24.4 Å². The SMILES string of the molecule is CC1(c2nc(C34C[C@H]3OC=N4)n(Cc3ccccc3F)n2)N=CC=CN1. The van der Waals surface area contributed by atoms with E-state index in [9.17, 15) is 4.39 Å². The first-order valence-electron chi connectivity index (χ1n) is 8.47. The van der Waals surface area contributed by atoms with Crippen molar-refractivity contribution in [1.29, 1.82) is 0 Å². The molecule has 26 heavy (non-hydrogen) atoms. The lowest BCUT2D eigenvalue weighted by molar-refractivity contribution is 0.300. The van der Waals surface area contributed by atoms with E-state index >= 15 is 0 Å². The normalized spacial score (nSPS) is 30.8. The molecule has 3 atom stereocenters. The van der Waals surface area contributed by atoms with E-state index in [0.717, 1.165) is 6.42 Å². The second kappa shape index (κ2) is 5.23. The summed E-state index contributed by atoms with van der Waals surface area (Å²) in [7, 11) is 0. The van der Waals surface area contributed by atoms with Crippen LogP contribution >= 0.6 is 0 Å². The van der Waals surface area contributed by atoms with Crippen molar-refractivity contribution in [3.05, 3.63) is 59.6 Å². The Hall–Kier alpha value is -3.03. The lowest BCUT2D eigenvalue weighted by atomic mass is 10.2. The van der Waals surface area contributed by atoms with Gasteiger partial charge < -0.3 is 10.1 Å². The molecule has 2 unspecified atom stereocenters. The summed E-state index contributed by atoms with van der Waals surface area (Å²) < 4.78 is 21.4. The molecule has 1 N–H and O–H groups in total. The van der Waals surface area contributed by atoms with Gasteiger partial charge in [0.05, 0.1) is 6.54 Å². The molecule has 0 amide bonds. The van der Waals surface area contributed by atoms with Gasteiger partial charge in [-0.05, 0) is 19.1 Å². The number of nitrogens with one attached hydrogen (secondary N) is 1. The molecule has 5 rings (SSSR count). The average molecular weight is 352 g/mol. The molecule has 1 fully saturated rings. The molecule has 1 aromatic heterocycles. The summed E-state index contributed by atoms with van der Waals surface area (Å²) in [5, 5.41) is 7.84. The zero-order valence-electron chi connectivity index (χ0n) is 14.1. The predicted molar refractivity (Wildman–Crippen MR) is 93.3 cm³/mol. The Morgan fingerprint density at radius 2 is 2.23 bits per heavy atom. The van der Waals surface area contributed by atoms with Crippen LogP contribution in [-0.4, -0.2) is 33.5 Å². The highest BCUT2D eigenvalue weighted by molar-refractivity contribution is 5.72. The zero-order valence-corrected chi connectivity index (χ0v) is 14.1. The topological polar surface area (TPSA) is 76.7 Å². The van der Waals surface area contributed by atoms with E-state index in [-0.39, 0.29) is 18.5 Å². The van der Waals surface area contributed by atoms with Crippen LogP contribution in [0.25, 0.3) is 0 Å². The lowest BCUT2D eigenvalue weighted by Crippen LogP contribution is -2.37. The molecule has 3 heterocycles. The van der Waals surface area contributed by atoms with Gasteiger partial charge in [-0.25, -0.2) is 19.0 Å². The smallest absolute Gasteiger partial charge is 0.198 e. The summed E-state index contributed by atoms with van der Waals surface area (Å²) in [5.41, 5.74) is -0.734. The number of benzene rings is 1. The summed E-state index contributed by atoms with van der Waals surface area (Å²) in [6.45, 7) is 2.17. The molecule has 0 spiro atoms. The molecule has 2 aromatic rings. The first-order chi connectivity index (χ1) is 12.6. The maximum absolute atomic E-state index is 14.2. The van der Waals surface area contributed by atoms with Crippen molar-refractivity contribution < 1.29 is 9.13 Å². The van der Waals surface area contributed by atoms with Crippen LogP contribution in [0.3, 0.4) is 0 Å². The van der Waals surface area contributed by atoms with Crippen molar-refractivity contribution in [3.8, 4) is 0 Å². The number of hydrogen-bond acceptors (Lipinski definition) is 6. The van der Waals surface area contributed by atoms with Crippen LogP contribution in [0.2, 0.25) is 0 Å². The number of rotatable bonds is 4. The number of ether oxygens (including phenoxy) is 1. The van der Waals surface area contributed by atoms with Gasteiger partial charge in [-0.2, -0.15) is 5.10 Å². The van der Waals surface area contributed by atoms with Gasteiger partial charge in [0.1, 0.15) is 11.9 Å². The highest BCUT2D eigenvalue weighted by atomic mass is 19.1. The minimum absolute atomic E-state index is 0.0190. The molecule has 0 radical (unpaired) electrons. The Kier molecular flexibility index (Phi) is 3.07. The fourth-order valence-electron chi connectivity index (χ4n) is 3.38. The zero-order chi connectivity index (χ0) is 17.8. The minimum atomic E-state index is -0.770. The van der Waals surface area contributed by atoms with E-state index in [0.29, 0.717) is 17.2 Å². The van der Waals surface area contributed by atoms with Gasteiger partial charge in [-0.15, -0.1) is 0 Å². The number of aromatic nitrogens is 3. The summed E-state index contributed by atoms with van der Waals surface area (Å²) >= 11 is 0. The molecule has 1 aromatic carbocycles. The third-order valence-electron chi connectivity index (χ3n) is 5.03. The van der Waals surface area contributed by atoms with Crippen molar-refractivity contribution in [2.24, 2.45) is 9.98 Å². The van der Waals surface area contributed by atoms with E-state index in [4.69, 9.17) is 9.72 Å². The summed E-state index contributed by atoms with van der Waals surface area (Å²) in [6.07, 6.45) is 7.53. The Morgan fingerprint density at radius 1 is 1.35 bits per heavy atom. The molecule has 1 saturated carbocycles. The summed E-state index contributed by atoms with van der Waals surface area (Å²) in [4.78, 5) is 13.7. The van der Waals surface area contributed by atoms with Gasteiger partial charge in [0.2, 0.25) is 0 Å². The van der Waals surface area contributed by atoms with Crippen LogP contribution in [0, 0.1) is 5.82 Å². The number of allylic oxidation sites excluding steroid dienone is 1. The Balaban J connectivity index is 1.59. The average Bonchev–Trinajstić information content (AvgIpc) is 3.00. The number of aliphatic imine (C=N–C) groups is 2. The highest BCUT2D eigenvalue weighted by Gasteiger charge is 2.64. The van der Waals surface area contributed by atoms with Crippen molar-refractivity contribution in [1.82, 2.24) is 20.1 Å². The second-order valence-electron chi connectivity index (χ2n) is 6.85. The molecule has 3 aliphatic rings. The number of nitrogens with zero attached hydrogens (tertiary/aromatic N) is 5. The van der Waals surface area contributed by atoms with Crippen LogP contribution in [0.5, 0.6) is 0 Å². The van der Waals surface area contributed by atoms with E-state index in [2.05, 4.69) is 20.4 Å². The maximum atomic E-state index is 14.2. The molecule has 2 aliphatic heterocycles. The summed E-state index contributed by atoms with van der Waals surface area (Å²) in [6, 6.07) is 6.68. The van der Waals surface area contributed by atoms with E-state index in [1.165, 1.54) is 12.5 Å². The molecule has 7 nitrogen and oxygen atoms in total. The van der Waals surface area contributed by atoms with Gasteiger partial charge in [-0.1, -0.05) is 18.2 Å². The van der Waals surface area contributed by atoms with Gasteiger partial charge in [-0.3, -0.25) is 4.99 Å². The molecule has 8 heteroatoms. The standard InChI is InChI=1S/C18H17FN6O/c1-17(20-7-4-8-21-17)15-23-16(18-9-14(18)26-11-22-18)25(24-15)10-12-5-2-3-6-13(12)19/h2-8,11,14,20H,9-10H2,1H3/t14-,17?,18?/m1/s1. The quantitative estimate of drug-likeness (QED) is 0.911. The van der Waals surface area contributed by atoms with Crippen LogP contribution in [-0.2, 0) is 22.5 Å². The summed E-state index contributed by atoms with van der Waals surface area (Å²) in [5.74, 6) is 0.934. The van der Waals surface area contributed by atoms with E-state index in [1.54, 1.807) is 29.2 Å². The third-order valence-corrected chi connectivity index (χ3v) is 5.03. The third kappa shape index (κ3) is 2.18. The lowest BCUT2D eigenvalue weighted by Gasteiger charge is -2.24. The predicted octanol–water partition coefficient (Wildman–Crippen LogP) is 1.85. The Bertz CT molecular complexity index is 966. The van der Waals surface area contributed by atoms with Crippen molar-refractivity contribution >= 4 is 12.6 Å². The van der Waals surface area contributed by atoms with E-state index < -0.39 is 11.2 Å². The first-order valence-corrected chi connectivity index (χ1v) is 8.47. The Labute approximate surface area is 149 Å². The first kappa shape index (κ1) is 15.2. The fraction of sp³-hybridized carbons (Fsp3) is 0.333. The van der Waals surface area contributed by atoms with E-state index in [1.807, 2.05) is 19.1 Å². The molecular formula is C18H17FN6O. The number of halogens is 1. The largest absolute Gasteiger partial charge is 0.477 e. The molecule has 0 saturated heterocycles. The molecular weight excluding hydrogens is 335 g/mol. The van der Waals surface area contributed by atoms with Crippen LogP contribution < -0.4 is 5.32 Å². The second-order valence-corrected chi connectivity index (χ2v) is 6.85. The van der Waals surface area contributed by atoms with Crippen molar-refractivity contribution in [2.45, 2.75) is 37.2 Å². The number of fused-ring (bicyclic) bond motifs is 1. The van der Waals surface area contributed by atoms with Crippen LogP contribution in [0.15, 0.2) is 46.5 Å². The minimum Gasteiger partial charge on any atom is -0.477 e. The maximum Gasteiger partial charge on any atom is 0.198 e. The van der Waals surface area contributed by atoms with Crippen molar-refractivity contribution in [3.63, 3.8) is 0 Å². The number of hydrogen-bond donors (Lipinski definition) is 1. The van der Waals surface area contributed by atoms with Gasteiger partial charge in [0.25, 0.3) is 0 Å². The van der Waals surface area contributed by atoms with Crippen LogP contribution in [0.4, 0.5) is 4.39 Å². The molecule has 0 bridgehead atoms. The van der Waals surface area contributed by atoms with Crippen molar-refractivity contribution in [2.75, 3.05) is 0 Å².